The predicted molar refractivity (Wildman–Crippen MR) is 65.5 cm³/mol. The van der Waals surface area contributed by atoms with E-state index in [0.717, 1.165) is 25.2 Å². The summed E-state index contributed by atoms with van der Waals surface area (Å²) in [5.74, 6) is 0.293. The molecule has 5 heteroatoms. The van der Waals surface area contributed by atoms with Crippen LogP contribution < -0.4 is 10.7 Å². The van der Waals surface area contributed by atoms with Crippen molar-refractivity contribution in [3.63, 3.8) is 0 Å². The summed E-state index contributed by atoms with van der Waals surface area (Å²) in [6.07, 6.45) is 1.40. The van der Waals surface area contributed by atoms with Crippen LogP contribution in [0.1, 0.15) is 12.8 Å². The highest BCUT2D eigenvalue weighted by Crippen LogP contribution is 2.24. The van der Waals surface area contributed by atoms with Crippen molar-refractivity contribution in [1.29, 1.82) is 0 Å². The zero-order valence-electron chi connectivity index (χ0n) is 9.67. The van der Waals surface area contributed by atoms with Crippen molar-refractivity contribution in [3.05, 3.63) is 24.3 Å². The Balaban J connectivity index is 2.15. The lowest BCUT2D eigenvalue weighted by Gasteiger charge is -2.27. The normalized spacial score (nSPS) is 16.8. The van der Waals surface area contributed by atoms with Gasteiger partial charge in [0.05, 0.1) is 5.69 Å². The minimum Gasteiger partial charge on any atom is -0.508 e. The first kappa shape index (κ1) is 11.9. The summed E-state index contributed by atoms with van der Waals surface area (Å²) in [5, 5.41) is 12.9. The largest absolute Gasteiger partial charge is 0.508 e. The summed E-state index contributed by atoms with van der Waals surface area (Å²) >= 11 is 0. The second kappa shape index (κ2) is 5.16. The maximum absolute atomic E-state index is 11.8. The van der Waals surface area contributed by atoms with E-state index in [-0.39, 0.29) is 11.7 Å². The van der Waals surface area contributed by atoms with Crippen LogP contribution in [0.4, 0.5) is 5.69 Å². The molecular weight excluding hydrogens is 218 g/mol. The van der Waals surface area contributed by atoms with Gasteiger partial charge in [-0.15, -0.1) is 0 Å². The Labute approximate surface area is 100 Å². The number of phenolic OH excluding ortho intramolecular Hbond substituents is 1. The quantitative estimate of drug-likeness (QED) is 0.805. The Morgan fingerprint density at radius 1 is 1.29 bits per heavy atom. The van der Waals surface area contributed by atoms with Gasteiger partial charge in [-0.25, -0.2) is 10.0 Å². The summed E-state index contributed by atoms with van der Waals surface area (Å²) in [6.45, 7) is 2.14. The minimum absolute atomic E-state index is 0.0905. The SMILES string of the molecule is NCCCN1CCC(=O)N1c1ccc(O)cc1. The Kier molecular flexibility index (Phi) is 3.61. The van der Waals surface area contributed by atoms with Crippen molar-refractivity contribution >= 4 is 11.6 Å². The number of carbonyl (C=O) groups excluding carboxylic acids is 1. The molecule has 0 atom stereocenters. The zero-order chi connectivity index (χ0) is 12.3. The van der Waals surface area contributed by atoms with E-state index in [1.807, 2.05) is 5.01 Å². The lowest BCUT2D eigenvalue weighted by Crippen LogP contribution is -2.40. The van der Waals surface area contributed by atoms with Gasteiger partial charge < -0.3 is 10.8 Å². The molecule has 1 aliphatic rings. The number of hydrogen-bond acceptors (Lipinski definition) is 4. The third-order valence-corrected chi connectivity index (χ3v) is 2.82. The highest BCUT2D eigenvalue weighted by molar-refractivity contribution is 5.94. The molecule has 0 aromatic heterocycles. The fourth-order valence-electron chi connectivity index (χ4n) is 1.98. The van der Waals surface area contributed by atoms with E-state index >= 15 is 0 Å². The molecule has 1 aromatic rings. The van der Waals surface area contributed by atoms with Crippen LogP contribution in [-0.4, -0.2) is 35.7 Å². The second-order valence-corrected chi connectivity index (χ2v) is 4.07. The van der Waals surface area contributed by atoms with Gasteiger partial charge >= 0.3 is 0 Å². The molecule has 1 aromatic carbocycles. The molecule has 0 spiro atoms. The molecule has 0 aliphatic carbocycles. The first-order chi connectivity index (χ1) is 8.22. The first-order valence-electron chi connectivity index (χ1n) is 5.79. The van der Waals surface area contributed by atoms with Gasteiger partial charge in [0.25, 0.3) is 0 Å². The maximum atomic E-state index is 11.8. The van der Waals surface area contributed by atoms with Crippen molar-refractivity contribution in [2.75, 3.05) is 24.6 Å². The van der Waals surface area contributed by atoms with Gasteiger partial charge in [0.15, 0.2) is 0 Å². The molecule has 1 heterocycles. The first-order valence-corrected chi connectivity index (χ1v) is 5.79. The van der Waals surface area contributed by atoms with E-state index in [2.05, 4.69) is 0 Å². The number of hydrazine groups is 1. The monoisotopic (exact) mass is 235 g/mol. The maximum Gasteiger partial charge on any atom is 0.242 e. The Morgan fingerprint density at radius 2 is 2.00 bits per heavy atom. The summed E-state index contributed by atoms with van der Waals surface area (Å²) in [7, 11) is 0. The average molecular weight is 235 g/mol. The standard InChI is InChI=1S/C12H17N3O2/c13-7-1-8-14-9-6-12(17)15(14)10-2-4-11(16)5-3-10/h2-5,16H,1,6-9,13H2. The van der Waals surface area contributed by atoms with Crippen molar-refractivity contribution < 1.29 is 9.90 Å². The highest BCUT2D eigenvalue weighted by Gasteiger charge is 2.29. The molecule has 1 aliphatic heterocycles. The van der Waals surface area contributed by atoms with Crippen molar-refractivity contribution in [2.24, 2.45) is 5.73 Å². The predicted octanol–water partition coefficient (Wildman–Crippen LogP) is 0.695. The van der Waals surface area contributed by atoms with Crippen LogP contribution in [0.5, 0.6) is 5.75 Å². The van der Waals surface area contributed by atoms with Gasteiger partial charge in [0, 0.05) is 19.5 Å². The van der Waals surface area contributed by atoms with Crippen molar-refractivity contribution in [2.45, 2.75) is 12.8 Å². The molecule has 17 heavy (non-hydrogen) atoms. The van der Waals surface area contributed by atoms with Crippen molar-refractivity contribution in [3.8, 4) is 5.75 Å². The molecule has 0 radical (unpaired) electrons. The number of aromatic hydroxyl groups is 1. The summed E-state index contributed by atoms with van der Waals surface area (Å²) in [5.41, 5.74) is 6.28. The number of carbonyl (C=O) groups is 1. The van der Waals surface area contributed by atoms with Gasteiger partial charge in [-0.1, -0.05) is 0 Å². The molecule has 5 nitrogen and oxygen atoms in total. The van der Waals surface area contributed by atoms with E-state index < -0.39 is 0 Å². The van der Waals surface area contributed by atoms with Crippen molar-refractivity contribution in [1.82, 2.24) is 5.01 Å². The number of nitrogens with zero attached hydrogens (tertiary/aromatic N) is 2. The van der Waals surface area contributed by atoms with Crippen LogP contribution in [0.15, 0.2) is 24.3 Å². The molecule has 0 saturated carbocycles. The number of rotatable bonds is 4. The molecule has 0 bridgehead atoms. The summed E-state index contributed by atoms with van der Waals surface area (Å²) in [4.78, 5) is 11.8. The number of phenols is 1. The number of nitrogens with two attached hydrogens (primary N) is 1. The van der Waals surface area contributed by atoms with Crippen LogP contribution >= 0.6 is 0 Å². The summed E-state index contributed by atoms with van der Waals surface area (Å²) < 4.78 is 0. The van der Waals surface area contributed by atoms with Gasteiger partial charge in [0.1, 0.15) is 5.75 Å². The Morgan fingerprint density at radius 3 is 2.65 bits per heavy atom. The van der Waals surface area contributed by atoms with Crippen LogP contribution in [0, 0.1) is 0 Å². The fourth-order valence-corrected chi connectivity index (χ4v) is 1.98. The van der Waals surface area contributed by atoms with E-state index in [1.54, 1.807) is 29.3 Å². The van der Waals surface area contributed by atoms with Crippen LogP contribution in [-0.2, 0) is 4.79 Å². The van der Waals surface area contributed by atoms with Crippen LogP contribution in [0.3, 0.4) is 0 Å². The lowest BCUT2D eigenvalue weighted by molar-refractivity contribution is -0.118. The van der Waals surface area contributed by atoms with E-state index in [9.17, 15) is 9.90 Å². The summed E-state index contributed by atoms with van der Waals surface area (Å²) in [6, 6.07) is 6.66. The zero-order valence-corrected chi connectivity index (χ0v) is 9.67. The smallest absolute Gasteiger partial charge is 0.242 e. The molecule has 1 saturated heterocycles. The highest BCUT2D eigenvalue weighted by atomic mass is 16.3. The number of hydrogen-bond donors (Lipinski definition) is 2. The molecule has 92 valence electrons. The fraction of sp³-hybridized carbons (Fsp3) is 0.417. The Bertz CT molecular complexity index is 391. The Hall–Kier alpha value is -1.59. The minimum atomic E-state index is 0.0905. The number of benzene rings is 1. The molecule has 1 amide bonds. The van der Waals surface area contributed by atoms with E-state index in [1.165, 1.54) is 0 Å². The molecule has 3 N–H and O–H groups in total. The average Bonchev–Trinajstić information content (AvgIpc) is 2.69. The molecule has 2 rings (SSSR count). The van der Waals surface area contributed by atoms with Gasteiger partial charge in [0.2, 0.25) is 5.91 Å². The van der Waals surface area contributed by atoms with Gasteiger partial charge in [-0.2, -0.15) is 0 Å². The third kappa shape index (κ3) is 2.57. The molecular formula is C12H17N3O2. The number of amides is 1. The molecule has 0 unspecified atom stereocenters. The van der Waals surface area contributed by atoms with E-state index in [0.29, 0.717) is 13.0 Å². The second-order valence-electron chi connectivity index (χ2n) is 4.07. The van der Waals surface area contributed by atoms with Crippen LogP contribution in [0.25, 0.3) is 0 Å². The molecule has 1 fully saturated rings. The van der Waals surface area contributed by atoms with Crippen LogP contribution in [0.2, 0.25) is 0 Å². The lowest BCUT2D eigenvalue weighted by atomic mass is 10.3. The van der Waals surface area contributed by atoms with Gasteiger partial charge in [-0.05, 0) is 37.2 Å². The topological polar surface area (TPSA) is 69.8 Å². The van der Waals surface area contributed by atoms with E-state index in [4.69, 9.17) is 5.73 Å². The van der Waals surface area contributed by atoms with Gasteiger partial charge in [-0.3, -0.25) is 4.79 Å². The number of anilines is 1. The third-order valence-electron chi connectivity index (χ3n) is 2.82.